The van der Waals surface area contributed by atoms with E-state index in [2.05, 4.69) is 33.8 Å². The van der Waals surface area contributed by atoms with Gasteiger partial charge in [0.25, 0.3) is 0 Å². The van der Waals surface area contributed by atoms with E-state index in [1.165, 1.54) is 5.56 Å². The topological polar surface area (TPSA) is 0 Å². The van der Waals surface area contributed by atoms with Gasteiger partial charge in [0.1, 0.15) is 0 Å². The van der Waals surface area contributed by atoms with Crippen molar-refractivity contribution in [1.82, 2.24) is 0 Å². The van der Waals surface area contributed by atoms with E-state index in [1.54, 1.807) is 0 Å². The van der Waals surface area contributed by atoms with Crippen LogP contribution in [0, 0.1) is 16.7 Å². The van der Waals surface area contributed by atoms with Crippen LogP contribution in [-0.4, -0.2) is 5.38 Å². The SMILES string of the molecule is CC1(C)C(C(Cl)Cc2cccc(Cl)c2)C1(C)C. The molecule has 0 radical (unpaired) electrons. The Balaban J connectivity index is 2.07. The minimum Gasteiger partial charge on any atom is -0.122 e. The van der Waals surface area contributed by atoms with Crippen molar-refractivity contribution in [2.45, 2.75) is 39.5 Å². The molecule has 1 atom stereocenters. The van der Waals surface area contributed by atoms with Gasteiger partial charge in [-0.3, -0.25) is 0 Å². The van der Waals surface area contributed by atoms with Gasteiger partial charge in [-0.2, -0.15) is 0 Å². The smallest absolute Gasteiger partial charge is 0.0415 e. The summed E-state index contributed by atoms with van der Waals surface area (Å²) in [5.41, 5.74) is 1.92. The minimum atomic E-state index is 0.193. The first-order valence-electron chi connectivity index (χ1n) is 6.15. The van der Waals surface area contributed by atoms with Crippen LogP contribution in [0.3, 0.4) is 0 Å². The molecule has 0 nitrogen and oxygen atoms in total. The first-order valence-corrected chi connectivity index (χ1v) is 6.97. The van der Waals surface area contributed by atoms with Crippen molar-refractivity contribution in [3.8, 4) is 0 Å². The van der Waals surface area contributed by atoms with Crippen molar-refractivity contribution >= 4 is 23.2 Å². The van der Waals surface area contributed by atoms with E-state index in [1.807, 2.05) is 18.2 Å². The Kier molecular flexibility index (Phi) is 3.25. The highest BCUT2D eigenvalue weighted by Gasteiger charge is 2.66. The van der Waals surface area contributed by atoms with Crippen LogP contribution in [0.1, 0.15) is 33.3 Å². The Bertz CT molecular complexity index is 407. The van der Waals surface area contributed by atoms with Crippen molar-refractivity contribution in [1.29, 1.82) is 0 Å². The number of benzene rings is 1. The van der Waals surface area contributed by atoms with Crippen molar-refractivity contribution in [2.75, 3.05) is 0 Å². The van der Waals surface area contributed by atoms with E-state index >= 15 is 0 Å². The zero-order valence-electron chi connectivity index (χ0n) is 10.9. The average Bonchev–Trinajstić information content (AvgIpc) is 2.56. The normalized spacial score (nSPS) is 23.4. The van der Waals surface area contributed by atoms with Gasteiger partial charge in [-0.15, -0.1) is 11.6 Å². The molecule has 2 rings (SSSR count). The Labute approximate surface area is 114 Å². The number of rotatable bonds is 3. The maximum Gasteiger partial charge on any atom is 0.0415 e. The zero-order chi connectivity index (χ0) is 12.8. The van der Waals surface area contributed by atoms with Crippen LogP contribution in [0.15, 0.2) is 24.3 Å². The Morgan fingerprint density at radius 1 is 1.18 bits per heavy atom. The van der Waals surface area contributed by atoms with E-state index in [0.717, 1.165) is 11.4 Å². The molecule has 2 heteroatoms. The van der Waals surface area contributed by atoms with E-state index < -0.39 is 0 Å². The highest BCUT2D eigenvalue weighted by molar-refractivity contribution is 6.30. The fraction of sp³-hybridized carbons (Fsp3) is 0.600. The first-order chi connectivity index (χ1) is 7.76. The lowest BCUT2D eigenvalue weighted by atomic mass is 10.0. The molecule has 0 spiro atoms. The second kappa shape index (κ2) is 4.17. The predicted octanol–water partition coefficient (Wildman–Crippen LogP) is 5.17. The molecule has 0 saturated heterocycles. The third kappa shape index (κ3) is 2.22. The number of hydrogen-bond acceptors (Lipinski definition) is 0. The molecule has 1 aliphatic carbocycles. The third-order valence-corrected chi connectivity index (χ3v) is 5.46. The van der Waals surface area contributed by atoms with E-state index in [-0.39, 0.29) is 5.38 Å². The summed E-state index contributed by atoms with van der Waals surface area (Å²) in [4.78, 5) is 0. The molecule has 1 aliphatic rings. The molecule has 1 aromatic rings. The van der Waals surface area contributed by atoms with Crippen molar-refractivity contribution < 1.29 is 0 Å². The molecule has 1 aromatic carbocycles. The molecule has 1 saturated carbocycles. The molecule has 17 heavy (non-hydrogen) atoms. The lowest BCUT2D eigenvalue weighted by molar-refractivity contribution is 0.457. The van der Waals surface area contributed by atoms with Crippen LogP contribution in [0.25, 0.3) is 0 Å². The quantitative estimate of drug-likeness (QED) is 0.665. The van der Waals surface area contributed by atoms with Gasteiger partial charge in [0.15, 0.2) is 0 Å². The summed E-state index contributed by atoms with van der Waals surface area (Å²) in [5, 5.41) is 0.985. The summed E-state index contributed by atoms with van der Waals surface area (Å²) < 4.78 is 0. The Hall–Kier alpha value is -0.200. The van der Waals surface area contributed by atoms with Crippen LogP contribution in [-0.2, 0) is 6.42 Å². The van der Waals surface area contributed by atoms with Crippen LogP contribution < -0.4 is 0 Å². The van der Waals surface area contributed by atoms with Crippen molar-refractivity contribution in [3.05, 3.63) is 34.9 Å². The van der Waals surface area contributed by atoms with E-state index in [9.17, 15) is 0 Å². The monoisotopic (exact) mass is 270 g/mol. The molecular weight excluding hydrogens is 251 g/mol. The number of halogens is 2. The van der Waals surface area contributed by atoms with Gasteiger partial charge < -0.3 is 0 Å². The highest BCUT2D eigenvalue weighted by Crippen LogP contribution is 2.70. The molecule has 0 N–H and O–H groups in total. The van der Waals surface area contributed by atoms with E-state index in [0.29, 0.717) is 16.7 Å². The van der Waals surface area contributed by atoms with Crippen molar-refractivity contribution in [3.63, 3.8) is 0 Å². The largest absolute Gasteiger partial charge is 0.122 e. The molecule has 0 aromatic heterocycles. The molecule has 1 fully saturated rings. The van der Waals surface area contributed by atoms with Gasteiger partial charge in [0, 0.05) is 10.4 Å². The molecular formula is C15H20Cl2. The number of alkyl halides is 1. The molecule has 0 bridgehead atoms. The summed E-state index contributed by atoms with van der Waals surface area (Å²) in [6, 6.07) is 8.01. The summed E-state index contributed by atoms with van der Waals surface area (Å²) in [6.45, 7) is 9.24. The summed E-state index contributed by atoms with van der Waals surface area (Å²) in [6.07, 6.45) is 0.902. The van der Waals surface area contributed by atoms with Gasteiger partial charge in [-0.05, 0) is 40.9 Å². The van der Waals surface area contributed by atoms with E-state index in [4.69, 9.17) is 23.2 Å². The molecule has 0 amide bonds. The zero-order valence-corrected chi connectivity index (χ0v) is 12.4. The predicted molar refractivity (Wildman–Crippen MR) is 75.8 cm³/mol. The van der Waals surface area contributed by atoms with Gasteiger partial charge in [-0.1, -0.05) is 51.4 Å². The summed E-state index contributed by atoms with van der Waals surface area (Å²) in [7, 11) is 0. The summed E-state index contributed by atoms with van der Waals surface area (Å²) >= 11 is 12.6. The maximum atomic E-state index is 6.59. The summed E-state index contributed by atoms with van der Waals surface area (Å²) in [5.74, 6) is 0.579. The highest BCUT2D eigenvalue weighted by atomic mass is 35.5. The van der Waals surface area contributed by atoms with Crippen LogP contribution in [0.5, 0.6) is 0 Å². The fourth-order valence-electron chi connectivity index (χ4n) is 3.16. The van der Waals surface area contributed by atoms with Crippen molar-refractivity contribution in [2.24, 2.45) is 16.7 Å². The standard InChI is InChI=1S/C15H20Cl2/c1-14(2)13(15(14,3)4)12(17)9-10-6-5-7-11(16)8-10/h5-8,12-13H,9H2,1-4H3. The molecule has 0 heterocycles. The lowest BCUT2D eigenvalue weighted by Gasteiger charge is -2.11. The maximum absolute atomic E-state index is 6.59. The molecule has 94 valence electrons. The van der Waals surface area contributed by atoms with Crippen LogP contribution in [0.2, 0.25) is 5.02 Å². The van der Waals surface area contributed by atoms with Gasteiger partial charge in [0.2, 0.25) is 0 Å². The average molecular weight is 271 g/mol. The van der Waals surface area contributed by atoms with Crippen LogP contribution in [0.4, 0.5) is 0 Å². The van der Waals surface area contributed by atoms with Gasteiger partial charge in [-0.25, -0.2) is 0 Å². The fourth-order valence-corrected chi connectivity index (χ4v) is 4.18. The van der Waals surface area contributed by atoms with Gasteiger partial charge in [0.05, 0.1) is 0 Å². The first kappa shape index (κ1) is 13.2. The Morgan fingerprint density at radius 2 is 1.76 bits per heavy atom. The van der Waals surface area contributed by atoms with Gasteiger partial charge >= 0.3 is 0 Å². The minimum absolute atomic E-state index is 0.193. The van der Waals surface area contributed by atoms with Crippen LogP contribution >= 0.6 is 23.2 Å². The number of hydrogen-bond donors (Lipinski definition) is 0. The second-order valence-corrected chi connectivity index (χ2v) is 7.27. The second-order valence-electron chi connectivity index (χ2n) is 6.27. The Morgan fingerprint density at radius 3 is 2.24 bits per heavy atom. The lowest BCUT2D eigenvalue weighted by Crippen LogP contribution is -2.11. The molecule has 1 unspecified atom stereocenters. The third-order valence-electron chi connectivity index (χ3n) is 4.81. The molecule has 0 aliphatic heterocycles.